The van der Waals surface area contributed by atoms with E-state index in [4.69, 9.17) is 5.73 Å². The molecule has 0 aromatic carbocycles. The second-order valence-electron chi connectivity index (χ2n) is 2.38. The summed E-state index contributed by atoms with van der Waals surface area (Å²) in [4.78, 5) is 8.06. The van der Waals surface area contributed by atoms with Crippen LogP contribution in [0.3, 0.4) is 0 Å². The lowest BCUT2D eigenvalue weighted by Crippen LogP contribution is -1.89. The molecule has 0 aliphatic heterocycles. The van der Waals surface area contributed by atoms with Gasteiger partial charge in [0, 0.05) is 18.1 Å². The highest BCUT2D eigenvalue weighted by molar-refractivity contribution is 5.74. The molecule has 2 N–H and O–H groups in total. The van der Waals surface area contributed by atoms with Gasteiger partial charge in [-0.25, -0.2) is 9.98 Å². The standard InChI is InChI=1S/C9H11N3/c1-8(10)5-7-12-9-4-2-3-6-11-9/h2-7H,10H2,1H3. The molecule has 1 aromatic rings. The zero-order valence-electron chi connectivity index (χ0n) is 6.94. The predicted octanol–water partition coefficient (Wildman–Crippen LogP) is 1.65. The van der Waals surface area contributed by atoms with Crippen molar-refractivity contribution in [1.29, 1.82) is 0 Å². The summed E-state index contributed by atoms with van der Waals surface area (Å²) in [6.07, 6.45) is 5.07. The van der Waals surface area contributed by atoms with Gasteiger partial charge in [0.05, 0.1) is 0 Å². The van der Waals surface area contributed by atoms with Crippen molar-refractivity contribution in [3.05, 3.63) is 36.2 Å². The molecule has 0 fully saturated rings. The number of aliphatic imine (C=N–C) groups is 1. The van der Waals surface area contributed by atoms with Gasteiger partial charge in [-0.2, -0.15) is 0 Å². The number of nitrogens with zero attached hydrogens (tertiary/aromatic N) is 2. The van der Waals surface area contributed by atoms with Crippen molar-refractivity contribution in [1.82, 2.24) is 4.98 Å². The van der Waals surface area contributed by atoms with E-state index in [0.717, 1.165) is 5.70 Å². The number of nitrogens with two attached hydrogens (primary N) is 1. The van der Waals surface area contributed by atoms with Gasteiger partial charge in [-0.15, -0.1) is 0 Å². The Kier molecular flexibility index (Phi) is 3.02. The molecule has 1 aromatic heterocycles. The summed E-state index contributed by atoms with van der Waals surface area (Å²) in [7, 11) is 0. The van der Waals surface area contributed by atoms with E-state index in [1.807, 2.05) is 25.1 Å². The van der Waals surface area contributed by atoms with Crippen LogP contribution in [0.5, 0.6) is 0 Å². The Morgan fingerprint density at radius 3 is 3.00 bits per heavy atom. The van der Waals surface area contributed by atoms with Crippen LogP contribution in [0.25, 0.3) is 0 Å². The maximum atomic E-state index is 5.41. The van der Waals surface area contributed by atoms with Crippen LogP contribution in [0.4, 0.5) is 5.82 Å². The molecule has 0 aliphatic carbocycles. The van der Waals surface area contributed by atoms with Gasteiger partial charge in [0.15, 0.2) is 5.82 Å². The summed E-state index contributed by atoms with van der Waals surface area (Å²) in [5.74, 6) is 0.690. The molecular formula is C9H11N3. The molecule has 62 valence electrons. The average Bonchev–Trinajstić information content (AvgIpc) is 2.05. The van der Waals surface area contributed by atoms with Crippen molar-refractivity contribution < 1.29 is 0 Å². The summed E-state index contributed by atoms with van der Waals surface area (Å²) < 4.78 is 0. The second kappa shape index (κ2) is 4.28. The zero-order chi connectivity index (χ0) is 8.81. The maximum absolute atomic E-state index is 5.41. The molecule has 0 amide bonds. The van der Waals surface area contributed by atoms with Crippen molar-refractivity contribution in [2.24, 2.45) is 10.7 Å². The van der Waals surface area contributed by atoms with Crippen molar-refractivity contribution in [2.45, 2.75) is 6.92 Å². The Balaban J connectivity index is 2.64. The van der Waals surface area contributed by atoms with E-state index in [0.29, 0.717) is 5.82 Å². The van der Waals surface area contributed by atoms with Gasteiger partial charge in [0.2, 0.25) is 0 Å². The minimum atomic E-state index is 0.690. The summed E-state index contributed by atoms with van der Waals surface area (Å²) in [6, 6.07) is 5.57. The Labute approximate surface area is 71.7 Å². The Hall–Kier alpha value is -1.64. The molecule has 0 spiro atoms. The first-order valence-corrected chi connectivity index (χ1v) is 3.66. The van der Waals surface area contributed by atoms with Crippen molar-refractivity contribution >= 4 is 12.0 Å². The van der Waals surface area contributed by atoms with Crippen LogP contribution in [0.1, 0.15) is 6.92 Å². The average molecular weight is 161 g/mol. The number of aromatic nitrogens is 1. The molecule has 3 nitrogen and oxygen atoms in total. The second-order valence-corrected chi connectivity index (χ2v) is 2.38. The maximum Gasteiger partial charge on any atom is 0.151 e. The normalized spacial score (nSPS) is 12.2. The van der Waals surface area contributed by atoms with Gasteiger partial charge in [-0.1, -0.05) is 6.07 Å². The molecule has 0 bridgehead atoms. The number of pyridine rings is 1. The van der Waals surface area contributed by atoms with Crippen LogP contribution in [-0.2, 0) is 0 Å². The highest BCUT2D eigenvalue weighted by atomic mass is 14.9. The van der Waals surface area contributed by atoms with Crippen molar-refractivity contribution in [2.75, 3.05) is 0 Å². The Bertz CT molecular complexity index is 284. The molecule has 0 unspecified atom stereocenters. The fourth-order valence-corrected chi connectivity index (χ4v) is 0.661. The molecule has 0 atom stereocenters. The molecule has 1 rings (SSSR count). The number of hydrogen-bond donors (Lipinski definition) is 1. The van der Waals surface area contributed by atoms with E-state index in [-0.39, 0.29) is 0 Å². The summed E-state index contributed by atoms with van der Waals surface area (Å²) >= 11 is 0. The number of rotatable bonds is 2. The summed E-state index contributed by atoms with van der Waals surface area (Å²) in [6.45, 7) is 1.81. The van der Waals surface area contributed by atoms with Crippen LogP contribution in [0, 0.1) is 0 Å². The van der Waals surface area contributed by atoms with E-state index in [2.05, 4.69) is 9.98 Å². The topological polar surface area (TPSA) is 51.3 Å². The minimum absolute atomic E-state index is 0.690. The molecular weight excluding hydrogens is 150 g/mol. The lowest BCUT2D eigenvalue weighted by molar-refractivity contribution is 1.28. The molecule has 0 radical (unpaired) electrons. The first-order chi connectivity index (χ1) is 5.79. The number of hydrogen-bond acceptors (Lipinski definition) is 3. The Morgan fingerprint density at radius 1 is 1.58 bits per heavy atom. The van der Waals surface area contributed by atoms with Gasteiger partial charge >= 0.3 is 0 Å². The highest BCUT2D eigenvalue weighted by Crippen LogP contribution is 2.02. The van der Waals surface area contributed by atoms with Crippen LogP contribution < -0.4 is 5.73 Å². The van der Waals surface area contributed by atoms with Gasteiger partial charge in [0.25, 0.3) is 0 Å². The van der Waals surface area contributed by atoms with Crippen molar-refractivity contribution in [3.63, 3.8) is 0 Å². The fourth-order valence-electron chi connectivity index (χ4n) is 0.661. The number of allylic oxidation sites excluding steroid dienone is 2. The first kappa shape index (κ1) is 8.46. The van der Waals surface area contributed by atoms with E-state index < -0.39 is 0 Å². The summed E-state index contributed by atoms with van der Waals surface area (Å²) in [5.41, 5.74) is 6.14. The van der Waals surface area contributed by atoms with E-state index >= 15 is 0 Å². The molecule has 0 aliphatic rings. The smallest absolute Gasteiger partial charge is 0.151 e. The molecule has 3 heteroatoms. The Morgan fingerprint density at radius 2 is 2.42 bits per heavy atom. The third-order valence-electron chi connectivity index (χ3n) is 1.19. The molecule has 12 heavy (non-hydrogen) atoms. The predicted molar refractivity (Wildman–Crippen MR) is 50.3 cm³/mol. The van der Waals surface area contributed by atoms with E-state index in [1.54, 1.807) is 18.5 Å². The summed E-state index contributed by atoms with van der Waals surface area (Å²) in [5, 5.41) is 0. The van der Waals surface area contributed by atoms with E-state index in [1.165, 1.54) is 0 Å². The highest BCUT2D eigenvalue weighted by Gasteiger charge is 1.82. The lowest BCUT2D eigenvalue weighted by Gasteiger charge is -1.88. The van der Waals surface area contributed by atoms with Gasteiger partial charge < -0.3 is 5.73 Å². The van der Waals surface area contributed by atoms with Crippen LogP contribution >= 0.6 is 0 Å². The van der Waals surface area contributed by atoms with Crippen LogP contribution in [0.15, 0.2) is 41.2 Å². The SMILES string of the molecule is CC(N)=CC=Nc1ccccn1. The van der Waals surface area contributed by atoms with Gasteiger partial charge in [-0.3, -0.25) is 0 Å². The lowest BCUT2D eigenvalue weighted by atomic mass is 10.4. The van der Waals surface area contributed by atoms with E-state index in [9.17, 15) is 0 Å². The third kappa shape index (κ3) is 2.96. The van der Waals surface area contributed by atoms with Crippen molar-refractivity contribution in [3.8, 4) is 0 Å². The largest absolute Gasteiger partial charge is 0.402 e. The molecule has 0 saturated carbocycles. The van der Waals surface area contributed by atoms with Gasteiger partial charge in [-0.05, 0) is 25.1 Å². The van der Waals surface area contributed by atoms with Crippen LogP contribution in [0.2, 0.25) is 0 Å². The minimum Gasteiger partial charge on any atom is -0.402 e. The monoisotopic (exact) mass is 161 g/mol. The van der Waals surface area contributed by atoms with Gasteiger partial charge in [0.1, 0.15) is 0 Å². The van der Waals surface area contributed by atoms with Crippen LogP contribution in [-0.4, -0.2) is 11.2 Å². The third-order valence-corrected chi connectivity index (χ3v) is 1.19. The fraction of sp³-hybridized carbons (Fsp3) is 0.111. The first-order valence-electron chi connectivity index (χ1n) is 3.66. The zero-order valence-corrected chi connectivity index (χ0v) is 6.94. The quantitative estimate of drug-likeness (QED) is 0.670. The molecule has 1 heterocycles. The molecule has 0 saturated heterocycles.